The quantitative estimate of drug-likeness (QED) is 0.156. The first-order valence-electron chi connectivity index (χ1n) is 22.7. The molecule has 0 saturated carbocycles. The van der Waals surface area contributed by atoms with Gasteiger partial charge in [0.1, 0.15) is 11.3 Å². The molecule has 0 spiro atoms. The number of rotatable bonds is 6. The molecule has 0 aliphatic heterocycles. The van der Waals surface area contributed by atoms with Crippen LogP contribution in [-0.4, -0.2) is 15.0 Å². The number of furan rings is 1. The molecule has 2 heterocycles. The maximum atomic E-state index is 6.37. The van der Waals surface area contributed by atoms with Crippen LogP contribution in [0.4, 0.5) is 0 Å². The Kier molecular flexibility index (Phi) is 8.25. The van der Waals surface area contributed by atoms with Gasteiger partial charge in [-0.15, -0.1) is 0 Å². The summed E-state index contributed by atoms with van der Waals surface area (Å²) < 4.78 is 6.37. The third-order valence-electron chi connectivity index (χ3n) is 13.6. The molecule has 0 aliphatic rings. The molecule has 4 heteroatoms. The van der Waals surface area contributed by atoms with Crippen molar-refractivity contribution in [1.29, 1.82) is 0 Å². The van der Waals surface area contributed by atoms with Crippen LogP contribution in [0.3, 0.4) is 0 Å². The molecule has 0 amide bonds. The molecule has 67 heavy (non-hydrogen) atoms. The second-order valence-corrected chi connectivity index (χ2v) is 17.5. The molecule has 0 atom stereocenters. The minimum absolute atomic E-state index is 0.580. The Labute approximate surface area is 385 Å². The molecule has 0 radical (unpaired) electrons. The van der Waals surface area contributed by atoms with Gasteiger partial charge >= 0.3 is 0 Å². The highest BCUT2D eigenvalue weighted by molar-refractivity contribution is 6.37. The summed E-state index contributed by atoms with van der Waals surface area (Å²) in [4.78, 5) is 15.4. The van der Waals surface area contributed by atoms with Crippen molar-refractivity contribution < 1.29 is 4.42 Å². The largest absolute Gasteiger partial charge is 0.456 e. The van der Waals surface area contributed by atoms with Gasteiger partial charge < -0.3 is 4.42 Å². The monoisotopic (exact) mass is 851 g/mol. The minimum Gasteiger partial charge on any atom is -0.456 e. The van der Waals surface area contributed by atoms with Crippen molar-refractivity contribution in [2.45, 2.75) is 0 Å². The van der Waals surface area contributed by atoms with E-state index in [2.05, 4.69) is 164 Å². The summed E-state index contributed by atoms with van der Waals surface area (Å²) in [5.41, 5.74) is 8.99. The molecular weight excluding hydrogens is 815 g/mol. The molecule has 0 aliphatic carbocycles. The first-order valence-corrected chi connectivity index (χ1v) is 22.7. The average Bonchev–Trinajstić information content (AvgIpc) is 3.84. The number of fused-ring (bicyclic) bond motifs is 3. The van der Waals surface area contributed by atoms with E-state index in [0.29, 0.717) is 17.5 Å². The van der Waals surface area contributed by atoms with Crippen molar-refractivity contribution in [3.8, 4) is 67.7 Å². The van der Waals surface area contributed by atoms with E-state index in [-0.39, 0.29) is 0 Å². The molecule has 310 valence electrons. The second kappa shape index (κ2) is 14.8. The third-order valence-corrected chi connectivity index (χ3v) is 13.6. The number of hydrogen-bond acceptors (Lipinski definition) is 4. The molecule has 12 aromatic carbocycles. The van der Waals surface area contributed by atoms with Gasteiger partial charge in [0.25, 0.3) is 0 Å². The molecule has 0 unspecified atom stereocenters. The van der Waals surface area contributed by atoms with E-state index < -0.39 is 0 Å². The molecule has 14 aromatic rings. The summed E-state index contributed by atoms with van der Waals surface area (Å²) in [6.07, 6.45) is 0. The van der Waals surface area contributed by atoms with E-state index in [4.69, 9.17) is 19.4 Å². The summed E-state index contributed by atoms with van der Waals surface area (Å²) >= 11 is 0. The van der Waals surface area contributed by atoms with Crippen molar-refractivity contribution in [3.05, 3.63) is 224 Å². The predicted molar refractivity (Wildman–Crippen MR) is 278 cm³/mol. The van der Waals surface area contributed by atoms with Gasteiger partial charge in [0, 0.05) is 27.6 Å². The van der Waals surface area contributed by atoms with Gasteiger partial charge in [-0.25, -0.2) is 15.0 Å². The molecule has 0 fully saturated rings. The Hall–Kier alpha value is -8.99. The van der Waals surface area contributed by atoms with Crippen LogP contribution in [0.5, 0.6) is 0 Å². The van der Waals surface area contributed by atoms with E-state index in [0.717, 1.165) is 55.7 Å². The van der Waals surface area contributed by atoms with Crippen LogP contribution >= 0.6 is 0 Å². The Morgan fingerprint density at radius 3 is 1.43 bits per heavy atom. The van der Waals surface area contributed by atoms with Gasteiger partial charge in [0.2, 0.25) is 0 Å². The van der Waals surface area contributed by atoms with E-state index in [1.807, 2.05) is 60.7 Å². The summed E-state index contributed by atoms with van der Waals surface area (Å²) in [5.74, 6) is 2.55. The van der Waals surface area contributed by atoms with Crippen molar-refractivity contribution in [1.82, 2.24) is 15.0 Å². The third kappa shape index (κ3) is 6.04. The zero-order valence-electron chi connectivity index (χ0n) is 36.1. The van der Waals surface area contributed by atoms with E-state index in [9.17, 15) is 0 Å². The molecule has 0 bridgehead atoms. The van der Waals surface area contributed by atoms with Crippen LogP contribution < -0.4 is 0 Å². The van der Waals surface area contributed by atoms with Gasteiger partial charge in [0.15, 0.2) is 17.5 Å². The van der Waals surface area contributed by atoms with E-state index in [1.54, 1.807) is 0 Å². The highest BCUT2D eigenvalue weighted by atomic mass is 16.3. The molecule has 14 rings (SSSR count). The summed E-state index contributed by atoms with van der Waals surface area (Å²) in [5, 5.41) is 16.4. The van der Waals surface area contributed by atoms with Gasteiger partial charge in [-0.1, -0.05) is 194 Å². The minimum atomic E-state index is 0.580. The Balaban J connectivity index is 0.889. The molecule has 0 saturated heterocycles. The van der Waals surface area contributed by atoms with Crippen LogP contribution in [0, 0.1) is 0 Å². The molecule has 0 N–H and O–H groups in total. The predicted octanol–water partition coefficient (Wildman–Crippen LogP) is 17.0. The Bertz CT molecular complexity index is 4230. The smallest absolute Gasteiger partial charge is 0.164 e. The number of aromatic nitrogens is 3. The summed E-state index contributed by atoms with van der Waals surface area (Å²) in [6.45, 7) is 0. The average molecular weight is 852 g/mol. The fraction of sp³-hybridized carbons (Fsp3) is 0. The maximum absolute atomic E-state index is 6.37. The molecule has 4 nitrogen and oxygen atoms in total. The van der Waals surface area contributed by atoms with Gasteiger partial charge in [0.05, 0.1) is 0 Å². The van der Waals surface area contributed by atoms with Gasteiger partial charge in [-0.05, 0) is 117 Å². The molecule has 2 aromatic heterocycles. The Morgan fingerprint density at radius 1 is 0.254 bits per heavy atom. The normalized spacial score (nSPS) is 11.9. The van der Waals surface area contributed by atoms with E-state index >= 15 is 0 Å². The maximum Gasteiger partial charge on any atom is 0.164 e. The topological polar surface area (TPSA) is 51.8 Å². The van der Waals surface area contributed by atoms with Crippen molar-refractivity contribution in [2.24, 2.45) is 0 Å². The van der Waals surface area contributed by atoms with Crippen LogP contribution in [-0.2, 0) is 0 Å². The van der Waals surface area contributed by atoms with Crippen LogP contribution in [0.25, 0.3) is 143 Å². The lowest BCUT2D eigenvalue weighted by atomic mass is 9.86. The highest BCUT2D eigenvalue weighted by Crippen LogP contribution is 2.45. The second-order valence-electron chi connectivity index (χ2n) is 17.5. The zero-order valence-corrected chi connectivity index (χ0v) is 36.1. The lowest BCUT2D eigenvalue weighted by Crippen LogP contribution is -2.01. The van der Waals surface area contributed by atoms with Crippen LogP contribution in [0.2, 0.25) is 0 Å². The number of para-hydroxylation sites is 1. The molecular formula is C63H37N3O. The van der Waals surface area contributed by atoms with Crippen LogP contribution in [0.1, 0.15) is 0 Å². The van der Waals surface area contributed by atoms with Gasteiger partial charge in [-0.2, -0.15) is 0 Å². The Morgan fingerprint density at radius 2 is 0.746 bits per heavy atom. The number of nitrogens with zero attached hydrogens (tertiary/aromatic N) is 3. The fourth-order valence-electron chi connectivity index (χ4n) is 10.5. The standard InChI is InChI=1S/C63H37N3O/c1-2-12-43(13-3-1)61-64-62(66-63(65-61)53-21-6-5-20-49(53)56-37-45-14-4-7-25-55(45)67-56)47-19-8-18-44(34-47)38-26-28-39(29-27-38)48-35-46-33-32-42-16-10-23-51-50-22-9-15-40-30-31-41-17-11-24-52(59(41)57(40)50)54(36-48)60(46)58(42)51/h1-37H. The summed E-state index contributed by atoms with van der Waals surface area (Å²) in [6, 6.07) is 80.1. The van der Waals surface area contributed by atoms with Crippen molar-refractivity contribution in [2.75, 3.05) is 0 Å². The number of hydrogen-bond donors (Lipinski definition) is 0. The number of benzene rings is 11. The SMILES string of the molecule is c1ccc(-c2nc(-c3cccc(-c4ccc(-c5cc6ccc7cccc8c9cccc%10ccc%11cccc(c(c5)c6c78)c%11c%109)cc4)c3)nc(-c3ccccc3-c3cc4ccccc4o3)n2)cc1. The lowest BCUT2D eigenvalue weighted by molar-refractivity contribution is 0.631. The van der Waals surface area contributed by atoms with Crippen molar-refractivity contribution >= 4 is 75.6 Å². The summed E-state index contributed by atoms with van der Waals surface area (Å²) in [7, 11) is 0. The fourth-order valence-corrected chi connectivity index (χ4v) is 10.5. The van der Waals surface area contributed by atoms with E-state index in [1.165, 1.54) is 70.2 Å². The zero-order chi connectivity index (χ0) is 44.0. The van der Waals surface area contributed by atoms with Crippen LogP contribution in [0.15, 0.2) is 229 Å². The highest BCUT2D eigenvalue weighted by Gasteiger charge is 2.19. The lowest BCUT2D eigenvalue weighted by Gasteiger charge is -2.17. The first-order chi connectivity index (χ1) is 33.2. The van der Waals surface area contributed by atoms with Gasteiger partial charge in [-0.3, -0.25) is 0 Å². The first kappa shape index (κ1) is 37.4. The van der Waals surface area contributed by atoms with Crippen molar-refractivity contribution in [3.63, 3.8) is 0 Å².